The Kier molecular flexibility index (Phi) is 2.58. The number of hydrogen-bond acceptors (Lipinski definition) is 2. The molecule has 0 aliphatic carbocycles. The van der Waals surface area contributed by atoms with Gasteiger partial charge in [-0.05, 0) is 31.9 Å². The monoisotopic (exact) mass is 163 g/mol. The molecule has 0 saturated carbocycles. The number of carbonyl (C=O) groups is 1. The largest absolute Gasteiger partial charge is 0.294 e. The molecule has 0 saturated heterocycles. The Hall–Kier alpha value is -1.18. The van der Waals surface area contributed by atoms with Gasteiger partial charge in [0.15, 0.2) is 5.78 Å². The summed E-state index contributed by atoms with van der Waals surface area (Å²) in [5.74, 6) is 0.123. The van der Waals surface area contributed by atoms with E-state index in [-0.39, 0.29) is 5.78 Å². The molecule has 1 heterocycles. The molecule has 12 heavy (non-hydrogen) atoms. The fraction of sp³-hybridized carbons (Fsp3) is 0.400. The zero-order valence-corrected chi connectivity index (χ0v) is 7.72. The Bertz CT molecular complexity index is 305. The second-order valence-electron chi connectivity index (χ2n) is 2.83. The maximum absolute atomic E-state index is 11.1. The highest BCUT2D eigenvalue weighted by molar-refractivity contribution is 5.95. The highest BCUT2D eigenvalue weighted by Crippen LogP contribution is 2.12. The summed E-state index contributed by atoms with van der Waals surface area (Å²) >= 11 is 0. The van der Waals surface area contributed by atoms with Crippen molar-refractivity contribution in [2.45, 2.75) is 27.2 Å². The fourth-order valence-corrected chi connectivity index (χ4v) is 1.37. The Morgan fingerprint density at radius 3 is 2.67 bits per heavy atom. The van der Waals surface area contributed by atoms with Gasteiger partial charge in [-0.1, -0.05) is 6.92 Å². The normalized spacial score (nSPS) is 9.92. The SMILES string of the molecule is CCc1c(C(C)=O)ccnc1C. The average Bonchev–Trinajstić information content (AvgIpc) is 2.03. The van der Waals surface area contributed by atoms with Gasteiger partial charge in [-0.3, -0.25) is 9.78 Å². The number of nitrogens with zero attached hydrogens (tertiary/aromatic N) is 1. The maximum Gasteiger partial charge on any atom is 0.160 e. The van der Waals surface area contributed by atoms with Gasteiger partial charge in [0.05, 0.1) is 0 Å². The van der Waals surface area contributed by atoms with Crippen LogP contribution in [-0.2, 0) is 6.42 Å². The van der Waals surface area contributed by atoms with Gasteiger partial charge < -0.3 is 0 Å². The van der Waals surface area contributed by atoms with E-state index in [1.54, 1.807) is 19.2 Å². The van der Waals surface area contributed by atoms with Gasteiger partial charge in [0, 0.05) is 17.5 Å². The molecule has 2 heteroatoms. The lowest BCUT2D eigenvalue weighted by Gasteiger charge is -2.05. The van der Waals surface area contributed by atoms with Crippen molar-refractivity contribution in [2.75, 3.05) is 0 Å². The van der Waals surface area contributed by atoms with E-state index in [0.717, 1.165) is 23.2 Å². The van der Waals surface area contributed by atoms with Crippen LogP contribution in [0, 0.1) is 6.92 Å². The second-order valence-corrected chi connectivity index (χ2v) is 2.83. The second kappa shape index (κ2) is 3.48. The summed E-state index contributed by atoms with van der Waals surface area (Å²) in [6.07, 6.45) is 2.56. The van der Waals surface area contributed by atoms with Gasteiger partial charge in [0.2, 0.25) is 0 Å². The summed E-state index contributed by atoms with van der Waals surface area (Å²) in [5.41, 5.74) is 2.85. The van der Waals surface area contributed by atoms with Crippen LogP contribution in [0.5, 0.6) is 0 Å². The Balaban J connectivity index is 3.27. The first-order chi connectivity index (χ1) is 5.66. The molecule has 64 valence electrons. The van der Waals surface area contributed by atoms with Crippen LogP contribution in [0.25, 0.3) is 0 Å². The summed E-state index contributed by atoms with van der Waals surface area (Å²) < 4.78 is 0. The van der Waals surface area contributed by atoms with Crippen molar-refractivity contribution in [3.05, 3.63) is 29.1 Å². The van der Waals surface area contributed by atoms with E-state index in [1.165, 1.54) is 0 Å². The van der Waals surface area contributed by atoms with Gasteiger partial charge in [-0.25, -0.2) is 0 Å². The summed E-state index contributed by atoms with van der Waals surface area (Å²) in [7, 11) is 0. The molecule has 0 N–H and O–H groups in total. The van der Waals surface area contributed by atoms with Crippen molar-refractivity contribution in [3.8, 4) is 0 Å². The number of rotatable bonds is 2. The molecule has 0 unspecified atom stereocenters. The van der Waals surface area contributed by atoms with Crippen LogP contribution in [0.3, 0.4) is 0 Å². The smallest absolute Gasteiger partial charge is 0.160 e. The van der Waals surface area contributed by atoms with Gasteiger partial charge in [0.1, 0.15) is 0 Å². The molecule has 2 nitrogen and oxygen atoms in total. The molecule has 0 fully saturated rings. The summed E-state index contributed by atoms with van der Waals surface area (Å²) in [6.45, 7) is 5.57. The number of ketones is 1. The summed E-state index contributed by atoms with van der Waals surface area (Å²) in [5, 5.41) is 0. The highest BCUT2D eigenvalue weighted by Gasteiger charge is 2.07. The van der Waals surface area contributed by atoms with Crippen molar-refractivity contribution in [2.24, 2.45) is 0 Å². The number of aryl methyl sites for hydroxylation is 1. The van der Waals surface area contributed by atoms with E-state index >= 15 is 0 Å². The van der Waals surface area contributed by atoms with Crippen LogP contribution in [0.1, 0.15) is 35.5 Å². The topological polar surface area (TPSA) is 30.0 Å². The number of carbonyl (C=O) groups excluding carboxylic acids is 1. The maximum atomic E-state index is 11.1. The standard InChI is InChI=1S/C10H13NO/c1-4-9-7(2)11-6-5-10(9)8(3)12/h5-6H,4H2,1-3H3. The Morgan fingerprint density at radius 1 is 1.58 bits per heavy atom. The van der Waals surface area contributed by atoms with E-state index in [0.29, 0.717) is 0 Å². The van der Waals surface area contributed by atoms with Crippen molar-refractivity contribution in [1.29, 1.82) is 0 Å². The van der Waals surface area contributed by atoms with Crippen molar-refractivity contribution in [1.82, 2.24) is 4.98 Å². The number of pyridine rings is 1. The third-order valence-electron chi connectivity index (χ3n) is 2.00. The number of Topliss-reactive ketones (excluding diaryl/α,β-unsaturated/α-hetero) is 1. The van der Waals surface area contributed by atoms with Gasteiger partial charge in [0.25, 0.3) is 0 Å². The molecule has 0 aliphatic heterocycles. The van der Waals surface area contributed by atoms with E-state index in [9.17, 15) is 4.79 Å². The van der Waals surface area contributed by atoms with Crippen LogP contribution >= 0.6 is 0 Å². The molecule has 0 spiro atoms. The molecule has 0 radical (unpaired) electrons. The van der Waals surface area contributed by atoms with Crippen molar-refractivity contribution < 1.29 is 4.79 Å². The first kappa shape index (κ1) is 8.91. The molecule has 1 rings (SSSR count). The zero-order valence-electron chi connectivity index (χ0n) is 7.72. The summed E-state index contributed by atoms with van der Waals surface area (Å²) in [6, 6.07) is 1.79. The predicted octanol–water partition coefficient (Wildman–Crippen LogP) is 2.16. The molecule has 1 aromatic rings. The van der Waals surface area contributed by atoms with Gasteiger partial charge in [-0.15, -0.1) is 0 Å². The number of aromatic nitrogens is 1. The minimum Gasteiger partial charge on any atom is -0.294 e. The Morgan fingerprint density at radius 2 is 2.25 bits per heavy atom. The van der Waals surface area contributed by atoms with Crippen LogP contribution < -0.4 is 0 Å². The van der Waals surface area contributed by atoms with Crippen LogP contribution in [0.2, 0.25) is 0 Å². The van der Waals surface area contributed by atoms with E-state index in [2.05, 4.69) is 4.98 Å². The van der Waals surface area contributed by atoms with Crippen LogP contribution in [0.4, 0.5) is 0 Å². The molecule has 0 aliphatic rings. The van der Waals surface area contributed by atoms with Gasteiger partial charge in [-0.2, -0.15) is 0 Å². The predicted molar refractivity (Wildman–Crippen MR) is 48.4 cm³/mol. The van der Waals surface area contributed by atoms with Gasteiger partial charge >= 0.3 is 0 Å². The van der Waals surface area contributed by atoms with Crippen molar-refractivity contribution in [3.63, 3.8) is 0 Å². The lowest BCUT2D eigenvalue weighted by Crippen LogP contribution is -2.02. The molecule has 0 atom stereocenters. The third-order valence-corrected chi connectivity index (χ3v) is 2.00. The highest BCUT2D eigenvalue weighted by atomic mass is 16.1. The Labute approximate surface area is 72.6 Å². The fourth-order valence-electron chi connectivity index (χ4n) is 1.37. The first-order valence-electron chi connectivity index (χ1n) is 4.12. The molecule has 0 amide bonds. The summed E-state index contributed by atoms with van der Waals surface area (Å²) in [4.78, 5) is 15.3. The quantitative estimate of drug-likeness (QED) is 0.625. The van der Waals surface area contributed by atoms with E-state index in [1.807, 2.05) is 13.8 Å². The average molecular weight is 163 g/mol. The lowest BCUT2D eigenvalue weighted by atomic mass is 10.0. The minimum absolute atomic E-state index is 0.123. The van der Waals surface area contributed by atoms with Crippen molar-refractivity contribution >= 4 is 5.78 Å². The molecular weight excluding hydrogens is 150 g/mol. The first-order valence-corrected chi connectivity index (χ1v) is 4.12. The molecule has 1 aromatic heterocycles. The molecule has 0 bridgehead atoms. The number of hydrogen-bond donors (Lipinski definition) is 0. The van der Waals surface area contributed by atoms with Crippen LogP contribution in [-0.4, -0.2) is 10.8 Å². The van der Waals surface area contributed by atoms with E-state index < -0.39 is 0 Å². The molecule has 0 aromatic carbocycles. The molecular formula is C10H13NO. The zero-order chi connectivity index (χ0) is 9.14. The minimum atomic E-state index is 0.123. The van der Waals surface area contributed by atoms with E-state index in [4.69, 9.17) is 0 Å². The van der Waals surface area contributed by atoms with Crippen LogP contribution in [0.15, 0.2) is 12.3 Å². The lowest BCUT2D eigenvalue weighted by molar-refractivity contribution is 0.101. The third kappa shape index (κ3) is 1.52.